The van der Waals surface area contributed by atoms with Crippen molar-refractivity contribution in [3.63, 3.8) is 0 Å². The van der Waals surface area contributed by atoms with Crippen molar-refractivity contribution in [2.24, 2.45) is 0 Å². The van der Waals surface area contributed by atoms with Crippen molar-refractivity contribution < 1.29 is 20.4 Å². The minimum Gasteiger partial charge on any atom is -0.199 e. The molecule has 0 aromatic heterocycles. The molecule has 0 saturated heterocycles. The van der Waals surface area contributed by atoms with Gasteiger partial charge in [-0.2, -0.15) is 24.6 Å². The van der Waals surface area contributed by atoms with E-state index in [0.717, 1.165) is 5.56 Å². The van der Waals surface area contributed by atoms with Gasteiger partial charge in [0.25, 0.3) is 0 Å². The van der Waals surface area contributed by atoms with Crippen LogP contribution in [0.1, 0.15) is 5.56 Å². The summed E-state index contributed by atoms with van der Waals surface area (Å²) in [6, 6.07) is 9.87. The Balaban J connectivity index is 0.000000490. The molecule has 0 spiro atoms. The van der Waals surface area contributed by atoms with Crippen molar-refractivity contribution in [3.8, 4) is 0 Å². The van der Waals surface area contributed by atoms with Gasteiger partial charge in [-0.05, 0) is 0 Å². The molecule has 0 radical (unpaired) electrons. The summed E-state index contributed by atoms with van der Waals surface area (Å²) in [5.74, 6) is 0. The Hall–Kier alpha value is -0.248. The SMILES string of the molecule is [CH2-]c1ccccc1.[Pd]. The van der Waals surface area contributed by atoms with Crippen LogP contribution in [0.2, 0.25) is 0 Å². The van der Waals surface area contributed by atoms with Gasteiger partial charge < -0.3 is 0 Å². The van der Waals surface area contributed by atoms with Crippen LogP contribution in [-0.2, 0) is 20.4 Å². The molecule has 1 heteroatoms. The van der Waals surface area contributed by atoms with E-state index in [-0.39, 0.29) is 20.4 Å². The molecule has 1 rings (SSSR count). The summed E-state index contributed by atoms with van der Waals surface area (Å²) < 4.78 is 0. The van der Waals surface area contributed by atoms with Crippen molar-refractivity contribution in [1.29, 1.82) is 0 Å². The maximum atomic E-state index is 3.72. The van der Waals surface area contributed by atoms with E-state index in [1.54, 1.807) is 0 Å². The maximum absolute atomic E-state index is 3.72. The maximum Gasteiger partial charge on any atom is 0 e. The van der Waals surface area contributed by atoms with E-state index in [2.05, 4.69) is 6.92 Å². The fraction of sp³-hybridized carbons (Fsp3) is 0. The summed E-state index contributed by atoms with van der Waals surface area (Å²) in [6.07, 6.45) is 0. The minimum atomic E-state index is 0. The van der Waals surface area contributed by atoms with Gasteiger partial charge in [0.05, 0.1) is 0 Å². The van der Waals surface area contributed by atoms with E-state index in [1.165, 1.54) is 0 Å². The van der Waals surface area contributed by atoms with Crippen LogP contribution in [0.15, 0.2) is 30.3 Å². The second-order valence-corrected chi connectivity index (χ2v) is 1.49. The van der Waals surface area contributed by atoms with Gasteiger partial charge >= 0.3 is 0 Å². The zero-order valence-electron chi connectivity index (χ0n) is 4.41. The second kappa shape index (κ2) is 3.72. The van der Waals surface area contributed by atoms with Gasteiger partial charge in [-0.25, -0.2) is 0 Å². The molecule has 0 aliphatic carbocycles. The van der Waals surface area contributed by atoms with Gasteiger partial charge in [0.2, 0.25) is 0 Å². The van der Waals surface area contributed by atoms with Crippen LogP contribution in [0, 0.1) is 6.92 Å². The summed E-state index contributed by atoms with van der Waals surface area (Å²) in [7, 11) is 0. The number of hydrogen-bond donors (Lipinski definition) is 0. The van der Waals surface area contributed by atoms with Gasteiger partial charge in [0, 0.05) is 20.4 Å². The quantitative estimate of drug-likeness (QED) is 0.440. The van der Waals surface area contributed by atoms with Gasteiger partial charge in [0.15, 0.2) is 0 Å². The molecule has 0 unspecified atom stereocenters. The first-order chi connectivity index (χ1) is 3.39. The smallest absolute Gasteiger partial charge is 0 e. The summed E-state index contributed by atoms with van der Waals surface area (Å²) >= 11 is 0. The van der Waals surface area contributed by atoms with Crippen LogP contribution >= 0.6 is 0 Å². The zero-order chi connectivity index (χ0) is 5.11. The molecule has 0 nitrogen and oxygen atoms in total. The largest absolute Gasteiger partial charge is 0.199 e. The van der Waals surface area contributed by atoms with E-state index < -0.39 is 0 Å². The average molecular weight is 198 g/mol. The fourth-order valence-corrected chi connectivity index (χ4v) is 0.478. The zero-order valence-corrected chi connectivity index (χ0v) is 5.96. The molecule has 0 aliphatic heterocycles. The summed E-state index contributed by atoms with van der Waals surface area (Å²) in [5.41, 5.74) is 1.07. The Morgan fingerprint density at radius 2 is 1.50 bits per heavy atom. The monoisotopic (exact) mass is 197 g/mol. The molecule has 8 heavy (non-hydrogen) atoms. The van der Waals surface area contributed by atoms with E-state index >= 15 is 0 Å². The molecule has 0 heterocycles. The molecule has 0 N–H and O–H groups in total. The van der Waals surface area contributed by atoms with E-state index in [1.807, 2.05) is 30.3 Å². The molecule has 46 valence electrons. The van der Waals surface area contributed by atoms with Crippen LogP contribution < -0.4 is 0 Å². The van der Waals surface area contributed by atoms with E-state index in [0.29, 0.717) is 0 Å². The molecule has 1 aromatic carbocycles. The predicted molar refractivity (Wildman–Crippen MR) is 30.9 cm³/mol. The van der Waals surface area contributed by atoms with Gasteiger partial charge in [-0.1, -0.05) is 6.07 Å². The molecular formula is C7H7Pd-. The molecule has 0 amide bonds. The third-order valence-electron chi connectivity index (χ3n) is 0.843. The van der Waals surface area contributed by atoms with Crippen molar-refractivity contribution in [2.45, 2.75) is 0 Å². The molecular weight excluding hydrogens is 190 g/mol. The molecule has 0 atom stereocenters. The third-order valence-corrected chi connectivity index (χ3v) is 0.843. The van der Waals surface area contributed by atoms with Gasteiger partial charge in [-0.3, -0.25) is 0 Å². The first-order valence-electron chi connectivity index (χ1n) is 2.26. The minimum absolute atomic E-state index is 0. The van der Waals surface area contributed by atoms with Crippen LogP contribution in [0.4, 0.5) is 0 Å². The van der Waals surface area contributed by atoms with Crippen molar-refractivity contribution in [2.75, 3.05) is 0 Å². The Kier molecular flexibility index (Phi) is 3.60. The Labute approximate surface area is 63.6 Å². The molecule has 0 aliphatic rings. The summed E-state index contributed by atoms with van der Waals surface area (Å²) in [4.78, 5) is 0. The van der Waals surface area contributed by atoms with Crippen molar-refractivity contribution >= 4 is 0 Å². The van der Waals surface area contributed by atoms with Crippen molar-refractivity contribution in [3.05, 3.63) is 42.8 Å². The van der Waals surface area contributed by atoms with E-state index in [4.69, 9.17) is 0 Å². The average Bonchev–Trinajstić information content (AvgIpc) is 1.69. The Morgan fingerprint density at radius 3 is 1.75 bits per heavy atom. The van der Waals surface area contributed by atoms with Crippen LogP contribution in [-0.4, -0.2) is 0 Å². The number of benzene rings is 1. The molecule has 0 fully saturated rings. The van der Waals surface area contributed by atoms with Crippen molar-refractivity contribution in [1.82, 2.24) is 0 Å². The standard InChI is InChI=1S/C7H7.Pd/c1-7-5-3-2-4-6-7;/h2-6H,1H2;/q-1;. The van der Waals surface area contributed by atoms with Crippen LogP contribution in [0.3, 0.4) is 0 Å². The molecule has 1 aromatic rings. The Morgan fingerprint density at radius 1 is 1.00 bits per heavy atom. The fourth-order valence-electron chi connectivity index (χ4n) is 0.478. The normalized spacial score (nSPS) is 7.50. The first kappa shape index (κ1) is 7.75. The summed E-state index contributed by atoms with van der Waals surface area (Å²) in [5, 5.41) is 0. The number of hydrogen-bond acceptors (Lipinski definition) is 0. The predicted octanol–water partition coefficient (Wildman–Crippen LogP) is 1.87. The van der Waals surface area contributed by atoms with Gasteiger partial charge in [-0.15, -0.1) is 12.1 Å². The molecule has 0 saturated carbocycles. The van der Waals surface area contributed by atoms with Crippen LogP contribution in [0.25, 0.3) is 0 Å². The van der Waals surface area contributed by atoms with Gasteiger partial charge in [0.1, 0.15) is 0 Å². The van der Waals surface area contributed by atoms with Crippen LogP contribution in [0.5, 0.6) is 0 Å². The van der Waals surface area contributed by atoms with E-state index in [9.17, 15) is 0 Å². The topological polar surface area (TPSA) is 0 Å². The second-order valence-electron chi connectivity index (χ2n) is 1.49. The number of rotatable bonds is 0. The summed E-state index contributed by atoms with van der Waals surface area (Å²) in [6.45, 7) is 3.72. The first-order valence-corrected chi connectivity index (χ1v) is 2.26. The molecule has 0 bridgehead atoms. The Bertz CT molecular complexity index is 134. The third kappa shape index (κ3) is 2.16.